The normalized spacial score (nSPS) is 10.6. The van der Waals surface area contributed by atoms with E-state index in [0.29, 0.717) is 9.86 Å². The molecule has 0 aliphatic rings. The van der Waals surface area contributed by atoms with Crippen LogP contribution in [-0.2, 0) is 0 Å². The molecule has 0 radical (unpaired) electrons. The van der Waals surface area contributed by atoms with Crippen molar-refractivity contribution in [2.45, 2.75) is 0 Å². The van der Waals surface area contributed by atoms with Crippen molar-refractivity contribution in [3.05, 3.63) is 45.0 Å². The summed E-state index contributed by atoms with van der Waals surface area (Å²) in [7, 11) is 0. The van der Waals surface area contributed by atoms with Gasteiger partial charge in [0.05, 0.1) is 5.39 Å². The maximum absolute atomic E-state index is 12.7. The van der Waals surface area contributed by atoms with Crippen LogP contribution in [0.2, 0.25) is 0 Å². The molecule has 66 valence electrons. The van der Waals surface area contributed by atoms with Gasteiger partial charge in [0.1, 0.15) is 22.1 Å². The Hall–Kier alpha value is -1.16. The average Bonchev–Trinajstić information content (AvgIpc) is 2.12. The Morgan fingerprint density at radius 1 is 1.38 bits per heavy atom. The molecular formula is C9H4BrFO2. The van der Waals surface area contributed by atoms with Crippen molar-refractivity contribution in [2.75, 3.05) is 0 Å². The fraction of sp³-hybridized carbons (Fsp3) is 0. The van der Waals surface area contributed by atoms with Gasteiger partial charge in [0.15, 0.2) is 0 Å². The second-order valence-corrected chi connectivity index (χ2v) is 3.41. The summed E-state index contributed by atoms with van der Waals surface area (Å²) < 4.78 is 18.1. The van der Waals surface area contributed by atoms with Crippen LogP contribution >= 0.6 is 15.9 Å². The Labute approximate surface area is 81.1 Å². The first-order chi connectivity index (χ1) is 6.18. The minimum atomic E-state index is -0.419. The van der Waals surface area contributed by atoms with Crippen LogP contribution < -0.4 is 5.43 Å². The summed E-state index contributed by atoms with van der Waals surface area (Å²) in [5.74, 6) is -0.419. The number of benzene rings is 1. The van der Waals surface area contributed by atoms with Gasteiger partial charge in [-0.1, -0.05) is 0 Å². The molecular weight excluding hydrogens is 239 g/mol. The first-order valence-corrected chi connectivity index (χ1v) is 4.34. The molecule has 0 unspecified atom stereocenters. The topological polar surface area (TPSA) is 30.2 Å². The summed E-state index contributed by atoms with van der Waals surface area (Å²) in [5, 5.41) is 0.371. The highest BCUT2D eigenvalue weighted by molar-refractivity contribution is 9.10. The predicted molar refractivity (Wildman–Crippen MR) is 50.1 cm³/mol. The van der Waals surface area contributed by atoms with Crippen molar-refractivity contribution >= 4 is 26.9 Å². The van der Waals surface area contributed by atoms with Crippen LogP contribution in [0, 0.1) is 5.82 Å². The fourth-order valence-corrected chi connectivity index (χ4v) is 1.39. The quantitative estimate of drug-likeness (QED) is 0.712. The van der Waals surface area contributed by atoms with E-state index in [1.807, 2.05) is 0 Å². The van der Waals surface area contributed by atoms with Crippen molar-refractivity contribution < 1.29 is 8.81 Å². The Morgan fingerprint density at radius 3 is 2.92 bits per heavy atom. The second-order valence-electron chi connectivity index (χ2n) is 2.55. The molecule has 0 N–H and O–H groups in total. The lowest BCUT2D eigenvalue weighted by atomic mass is 10.2. The second kappa shape index (κ2) is 2.96. The molecule has 0 bridgehead atoms. The SMILES string of the molecule is O=c1c(Br)coc2cc(F)ccc12. The van der Waals surface area contributed by atoms with Gasteiger partial charge in [-0.3, -0.25) is 4.79 Å². The summed E-state index contributed by atoms with van der Waals surface area (Å²) in [5.41, 5.74) is 0.0643. The third-order valence-electron chi connectivity index (χ3n) is 1.69. The van der Waals surface area contributed by atoms with E-state index in [1.165, 1.54) is 24.5 Å². The highest BCUT2D eigenvalue weighted by Crippen LogP contribution is 2.15. The molecule has 0 spiro atoms. The monoisotopic (exact) mass is 242 g/mol. The molecule has 2 aromatic rings. The predicted octanol–water partition coefficient (Wildman–Crippen LogP) is 2.69. The maximum Gasteiger partial charge on any atom is 0.206 e. The van der Waals surface area contributed by atoms with Crippen LogP contribution in [0.3, 0.4) is 0 Å². The van der Waals surface area contributed by atoms with Crippen LogP contribution in [0.25, 0.3) is 11.0 Å². The molecule has 0 saturated carbocycles. The molecule has 0 atom stereocenters. The van der Waals surface area contributed by atoms with Gasteiger partial charge in [-0.15, -0.1) is 0 Å². The zero-order chi connectivity index (χ0) is 9.42. The summed E-state index contributed by atoms with van der Waals surface area (Å²) in [6, 6.07) is 3.82. The molecule has 0 aliphatic carbocycles. The molecule has 13 heavy (non-hydrogen) atoms. The number of hydrogen-bond acceptors (Lipinski definition) is 2. The minimum absolute atomic E-state index is 0.193. The van der Waals surface area contributed by atoms with Crippen molar-refractivity contribution in [1.29, 1.82) is 0 Å². The van der Waals surface area contributed by atoms with Crippen LogP contribution in [0.5, 0.6) is 0 Å². The van der Waals surface area contributed by atoms with Crippen molar-refractivity contribution in [2.24, 2.45) is 0 Å². The van der Waals surface area contributed by atoms with E-state index < -0.39 is 5.82 Å². The Morgan fingerprint density at radius 2 is 2.15 bits per heavy atom. The van der Waals surface area contributed by atoms with Gasteiger partial charge in [0.25, 0.3) is 0 Å². The van der Waals surface area contributed by atoms with Crippen LogP contribution in [0.1, 0.15) is 0 Å². The smallest absolute Gasteiger partial charge is 0.206 e. The van der Waals surface area contributed by atoms with E-state index in [1.54, 1.807) is 0 Å². The molecule has 0 aliphatic heterocycles. The van der Waals surface area contributed by atoms with Gasteiger partial charge in [-0.05, 0) is 28.1 Å². The van der Waals surface area contributed by atoms with Crippen molar-refractivity contribution in [1.82, 2.24) is 0 Å². The van der Waals surface area contributed by atoms with E-state index in [2.05, 4.69) is 15.9 Å². The lowest BCUT2D eigenvalue weighted by molar-refractivity contribution is 0.585. The average molecular weight is 243 g/mol. The van der Waals surface area contributed by atoms with Gasteiger partial charge >= 0.3 is 0 Å². The van der Waals surface area contributed by atoms with E-state index in [-0.39, 0.29) is 11.0 Å². The highest BCUT2D eigenvalue weighted by Gasteiger charge is 2.04. The van der Waals surface area contributed by atoms with Crippen LogP contribution in [-0.4, -0.2) is 0 Å². The molecule has 2 nitrogen and oxygen atoms in total. The number of halogens is 2. The van der Waals surface area contributed by atoms with Crippen LogP contribution in [0.15, 0.2) is 38.1 Å². The zero-order valence-electron chi connectivity index (χ0n) is 6.38. The van der Waals surface area contributed by atoms with E-state index >= 15 is 0 Å². The molecule has 4 heteroatoms. The third-order valence-corrected chi connectivity index (χ3v) is 2.24. The summed E-state index contributed by atoms with van der Waals surface area (Å²) in [4.78, 5) is 11.4. The number of rotatable bonds is 0. The van der Waals surface area contributed by atoms with Crippen LogP contribution in [0.4, 0.5) is 4.39 Å². The van der Waals surface area contributed by atoms with Crippen molar-refractivity contribution in [3.8, 4) is 0 Å². The lowest BCUT2D eigenvalue weighted by Gasteiger charge is -1.96. The molecule has 1 heterocycles. The molecule has 0 fully saturated rings. The summed E-state index contributed by atoms with van der Waals surface area (Å²) in [6.45, 7) is 0. The Kier molecular flexibility index (Phi) is 1.92. The molecule has 0 saturated heterocycles. The first kappa shape index (κ1) is 8.44. The first-order valence-electron chi connectivity index (χ1n) is 3.55. The molecule has 2 rings (SSSR count). The lowest BCUT2D eigenvalue weighted by Crippen LogP contribution is -2.01. The molecule has 1 aromatic carbocycles. The number of hydrogen-bond donors (Lipinski definition) is 0. The number of fused-ring (bicyclic) bond motifs is 1. The molecule has 0 amide bonds. The largest absolute Gasteiger partial charge is 0.463 e. The van der Waals surface area contributed by atoms with Gasteiger partial charge in [0, 0.05) is 6.07 Å². The third kappa shape index (κ3) is 1.37. The van der Waals surface area contributed by atoms with Gasteiger partial charge in [-0.25, -0.2) is 4.39 Å². The maximum atomic E-state index is 12.7. The Bertz CT molecular complexity index is 518. The molecule has 1 aromatic heterocycles. The van der Waals surface area contributed by atoms with Gasteiger partial charge in [-0.2, -0.15) is 0 Å². The van der Waals surface area contributed by atoms with E-state index in [0.717, 1.165) is 0 Å². The minimum Gasteiger partial charge on any atom is -0.463 e. The fourth-order valence-electron chi connectivity index (χ4n) is 1.08. The van der Waals surface area contributed by atoms with Gasteiger partial charge < -0.3 is 4.42 Å². The Balaban J connectivity index is 2.95. The standard InChI is InChI=1S/C9H4BrFO2/c10-7-4-13-8-3-5(11)1-2-6(8)9(7)12/h1-4H. The summed E-state index contributed by atoms with van der Waals surface area (Å²) in [6.07, 6.45) is 1.25. The van der Waals surface area contributed by atoms with E-state index in [4.69, 9.17) is 4.42 Å². The highest BCUT2D eigenvalue weighted by atomic mass is 79.9. The van der Waals surface area contributed by atoms with E-state index in [9.17, 15) is 9.18 Å². The zero-order valence-corrected chi connectivity index (χ0v) is 7.97. The summed E-state index contributed by atoms with van der Waals surface area (Å²) >= 11 is 3.03. The van der Waals surface area contributed by atoms with Gasteiger partial charge in [0.2, 0.25) is 5.43 Å². The van der Waals surface area contributed by atoms with Crippen molar-refractivity contribution in [3.63, 3.8) is 0 Å².